The maximum Gasteiger partial charge on any atom is 0.344 e. The number of rotatable bonds is 6. The molecule has 0 atom stereocenters. The summed E-state index contributed by atoms with van der Waals surface area (Å²) in [6.45, 7) is 3.82. The molecule has 0 aliphatic rings. The molecule has 1 heterocycles. The minimum atomic E-state index is -0.408. The third-order valence-corrected chi connectivity index (χ3v) is 3.35. The number of ether oxygens (including phenoxy) is 2. The van der Waals surface area contributed by atoms with Gasteiger partial charge in [-0.2, -0.15) is 0 Å². The van der Waals surface area contributed by atoms with Crippen molar-refractivity contribution in [2.75, 3.05) is 13.2 Å². The highest BCUT2D eigenvalue weighted by Crippen LogP contribution is 2.22. The highest BCUT2D eigenvalue weighted by atomic mass is 35.5. The minimum Gasteiger partial charge on any atom is -0.480 e. The van der Waals surface area contributed by atoms with Crippen molar-refractivity contribution in [2.45, 2.75) is 13.8 Å². The Morgan fingerprint density at radius 3 is 2.74 bits per heavy atom. The van der Waals surface area contributed by atoms with Gasteiger partial charge in [0.25, 0.3) is 0 Å². The molecule has 0 unspecified atom stereocenters. The number of hydrogen-bond donors (Lipinski definition) is 0. The van der Waals surface area contributed by atoms with E-state index in [0.29, 0.717) is 23.1 Å². The van der Waals surface area contributed by atoms with E-state index in [4.69, 9.17) is 21.1 Å². The van der Waals surface area contributed by atoms with Gasteiger partial charge in [-0.15, -0.1) is 0 Å². The van der Waals surface area contributed by atoms with Crippen molar-refractivity contribution in [1.29, 1.82) is 0 Å². The number of pyridine rings is 1. The Morgan fingerprint density at radius 1 is 1.22 bits per heavy atom. The van der Waals surface area contributed by atoms with Crippen LogP contribution in [0.3, 0.4) is 0 Å². The largest absolute Gasteiger partial charge is 0.480 e. The van der Waals surface area contributed by atoms with Gasteiger partial charge in [0.15, 0.2) is 6.61 Å². The van der Waals surface area contributed by atoms with Gasteiger partial charge in [-0.3, -0.25) is 0 Å². The van der Waals surface area contributed by atoms with Crippen LogP contribution < -0.4 is 4.74 Å². The molecular formula is C18H18ClNO3. The SMILES string of the molecule is CCOC(=O)COc1ccc(C)nc1C=Cc1ccccc1Cl. The first-order valence-corrected chi connectivity index (χ1v) is 7.66. The van der Waals surface area contributed by atoms with Crippen LogP contribution in [0.1, 0.15) is 23.9 Å². The molecule has 120 valence electrons. The lowest BCUT2D eigenvalue weighted by molar-refractivity contribution is -0.145. The molecule has 0 spiro atoms. The van der Waals surface area contributed by atoms with Gasteiger partial charge >= 0.3 is 5.97 Å². The van der Waals surface area contributed by atoms with Crippen molar-refractivity contribution >= 4 is 29.7 Å². The number of benzene rings is 1. The minimum absolute atomic E-state index is 0.147. The lowest BCUT2D eigenvalue weighted by atomic mass is 10.2. The molecule has 2 rings (SSSR count). The van der Waals surface area contributed by atoms with Crippen LogP contribution in [0, 0.1) is 6.92 Å². The molecule has 0 saturated heterocycles. The zero-order chi connectivity index (χ0) is 16.7. The molecule has 2 aromatic rings. The summed E-state index contributed by atoms with van der Waals surface area (Å²) in [5.41, 5.74) is 2.37. The normalized spacial score (nSPS) is 10.7. The molecule has 0 aliphatic carbocycles. The van der Waals surface area contributed by atoms with Crippen LogP contribution in [-0.2, 0) is 9.53 Å². The molecule has 0 fully saturated rings. The number of carbonyl (C=O) groups is 1. The zero-order valence-corrected chi connectivity index (χ0v) is 13.8. The second kappa shape index (κ2) is 8.34. The van der Waals surface area contributed by atoms with Crippen molar-refractivity contribution in [3.05, 3.63) is 58.4 Å². The highest BCUT2D eigenvalue weighted by molar-refractivity contribution is 6.32. The smallest absolute Gasteiger partial charge is 0.344 e. The molecule has 0 aliphatic heterocycles. The van der Waals surface area contributed by atoms with Crippen LogP contribution in [0.5, 0.6) is 5.75 Å². The topological polar surface area (TPSA) is 48.4 Å². The fourth-order valence-electron chi connectivity index (χ4n) is 1.92. The van der Waals surface area contributed by atoms with Gasteiger partial charge in [0.05, 0.1) is 6.61 Å². The van der Waals surface area contributed by atoms with Crippen LogP contribution in [0.15, 0.2) is 36.4 Å². The third-order valence-electron chi connectivity index (χ3n) is 3.00. The van der Waals surface area contributed by atoms with Crippen molar-refractivity contribution in [2.24, 2.45) is 0 Å². The Morgan fingerprint density at radius 2 is 2.00 bits per heavy atom. The summed E-state index contributed by atoms with van der Waals surface area (Å²) < 4.78 is 10.4. The summed E-state index contributed by atoms with van der Waals surface area (Å²) in [6, 6.07) is 11.1. The Balaban J connectivity index is 2.18. The molecule has 0 saturated carbocycles. The van der Waals surface area contributed by atoms with Crippen molar-refractivity contribution in [3.63, 3.8) is 0 Å². The summed E-state index contributed by atoms with van der Waals surface area (Å²) in [7, 11) is 0. The number of aryl methyl sites for hydroxylation is 1. The maximum absolute atomic E-state index is 11.4. The van der Waals surface area contributed by atoms with Crippen molar-refractivity contribution in [3.8, 4) is 5.75 Å². The van der Waals surface area contributed by atoms with Crippen molar-refractivity contribution < 1.29 is 14.3 Å². The van der Waals surface area contributed by atoms with E-state index in [1.165, 1.54) is 0 Å². The maximum atomic E-state index is 11.4. The summed E-state index contributed by atoms with van der Waals surface area (Å²) >= 11 is 6.13. The molecule has 4 nitrogen and oxygen atoms in total. The van der Waals surface area contributed by atoms with Crippen molar-refractivity contribution in [1.82, 2.24) is 4.98 Å². The van der Waals surface area contributed by atoms with E-state index < -0.39 is 5.97 Å². The van der Waals surface area contributed by atoms with E-state index >= 15 is 0 Å². The van der Waals surface area contributed by atoms with Gasteiger partial charge in [0.1, 0.15) is 11.4 Å². The summed E-state index contributed by atoms with van der Waals surface area (Å²) in [6.07, 6.45) is 3.68. The first-order chi connectivity index (χ1) is 11.1. The number of hydrogen-bond acceptors (Lipinski definition) is 4. The van der Waals surface area contributed by atoms with Crippen LogP contribution in [0.4, 0.5) is 0 Å². The fraction of sp³-hybridized carbons (Fsp3) is 0.222. The molecule has 23 heavy (non-hydrogen) atoms. The standard InChI is InChI=1S/C18H18ClNO3/c1-3-22-18(21)12-23-17-11-8-13(2)20-16(17)10-9-14-6-4-5-7-15(14)19/h4-11H,3,12H2,1-2H3. The Bertz CT molecular complexity index is 713. The Hall–Kier alpha value is -2.33. The fourth-order valence-corrected chi connectivity index (χ4v) is 2.12. The van der Waals surface area contributed by atoms with E-state index in [-0.39, 0.29) is 6.61 Å². The van der Waals surface area contributed by atoms with Gasteiger partial charge in [0, 0.05) is 10.7 Å². The molecule has 5 heteroatoms. The van der Waals surface area contributed by atoms with Gasteiger partial charge in [-0.1, -0.05) is 35.9 Å². The van der Waals surface area contributed by atoms with Gasteiger partial charge in [-0.05, 0) is 43.7 Å². The quantitative estimate of drug-likeness (QED) is 0.746. The first-order valence-electron chi connectivity index (χ1n) is 7.29. The second-order valence-corrected chi connectivity index (χ2v) is 5.19. The first kappa shape index (κ1) is 17.0. The Kier molecular flexibility index (Phi) is 6.18. The molecular weight excluding hydrogens is 314 g/mol. The van der Waals surface area contributed by atoms with Gasteiger partial charge < -0.3 is 9.47 Å². The lowest BCUT2D eigenvalue weighted by Gasteiger charge is -2.09. The average Bonchev–Trinajstić information content (AvgIpc) is 2.53. The van der Waals surface area contributed by atoms with Gasteiger partial charge in [-0.25, -0.2) is 9.78 Å². The number of esters is 1. The van der Waals surface area contributed by atoms with Gasteiger partial charge in [0.2, 0.25) is 0 Å². The van der Waals surface area contributed by atoms with Crippen LogP contribution >= 0.6 is 11.6 Å². The van der Waals surface area contributed by atoms with Crippen LogP contribution in [0.2, 0.25) is 5.02 Å². The lowest BCUT2D eigenvalue weighted by Crippen LogP contribution is -2.15. The summed E-state index contributed by atoms with van der Waals surface area (Å²) in [5, 5.41) is 0.658. The Labute approximate surface area is 140 Å². The number of halogens is 1. The number of aromatic nitrogens is 1. The van der Waals surface area contributed by atoms with Crippen LogP contribution in [0.25, 0.3) is 12.2 Å². The average molecular weight is 332 g/mol. The molecule has 0 amide bonds. The second-order valence-electron chi connectivity index (χ2n) is 4.78. The zero-order valence-electron chi connectivity index (χ0n) is 13.1. The van der Waals surface area contributed by atoms with E-state index in [0.717, 1.165) is 11.3 Å². The summed E-state index contributed by atoms with van der Waals surface area (Å²) in [4.78, 5) is 15.9. The molecule has 0 bridgehead atoms. The molecule has 1 aromatic carbocycles. The highest BCUT2D eigenvalue weighted by Gasteiger charge is 2.07. The van der Waals surface area contributed by atoms with E-state index in [1.807, 2.05) is 49.4 Å². The summed E-state index contributed by atoms with van der Waals surface area (Å²) in [5.74, 6) is 0.112. The number of nitrogens with zero attached hydrogens (tertiary/aromatic N) is 1. The molecule has 0 N–H and O–H groups in total. The van der Waals surface area contributed by atoms with Crippen LogP contribution in [-0.4, -0.2) is 24.2 Å². The van der Waals surface area contributed by atoms with E-state index in [1.54, 1.807) is 13.0 Å². The van der Waals surface area contributed by atoms with E-state index in [9.17, 15) is 4.79 Å². The molecule has 1 aromatic heterocycles. The number of carbonyl (C=O) groups excluding carboxylic acids is 1. The third kappa shape index (κ3) is 5.11. The monoisotopic (exact) mass is 331 g/mol. The predicted octanol–water partition coefficient (Wildman–Crippen LogP) is 4.16. The molecule has 0 radical (unpaired) electrons. The van der Waals surface area contributed by atoms with E-state index in [2.05, 4.69) is 4.98 Å². The predicted molar refractivity (Wildman–Crippen MR) is 91.5 cm³/mol.